The van der Waals surface area contributed by atoms with Crippen LogP contribution < -0.4 is 0 Å². The summed E-state index contributed by atoms with van der Waals surface area (Å²) in [5.74, 6) is -0.418. The lowest BCUT2D eigenvalue weighted by atomic mass is 10.1. The molecule has 2 heterocycles. The molecule has 1 unspecified atom stereocenters. The van der Waals surface area contributed by atoms with Gasteiger partial charge in [0.2, 0.25) is 0 Å². The summed E-state index contributed by atoms with van der Waals surface area (Å²) in [6, 6.07) is 7.15. The largest absolute Gasteiger partial charge is 0.461 e. The van der Waals surface area contributed by atoms with Crippen LogP contribution >= 0.6 is 0 Å². The van der Waals surface area contributed by atoms with Crippen molar-refractivity contribution in [1.29, 1.82) is 0 Å². The molecule has 5 heteroatoms. The predicted octanol–water partition coefficient (Wildman–Crippen LogP) is 1.86. The van der Waals surface area contributed by atoms with Gasteiger partial charge in [0.25, 0.3) is 0 Å². The van der Waals surface area contributed by atoms with Crippen LogP contribution in [0.1, 0.15) is 34.8 Å². The molecule has 0 radical (unpaired) electrons. The molecule has 0 saturated carbocycles. The molecule has 2 rings (SSSR count). The van der Waals surface area contributed by atoms with E-state index in [0.717, 1.165) is 5.69 Å². The third-order valence-electron chi connectivity index (χ3n) is 2.71. The number of aromatic amines is 1. The number of ether oxygens (including phenoxy) is 1. The molecular weight excluding hydrogens is 244 g/mol. The van der Waals surface area contributed by atoms with Crippen molar-refractivity contribution in [2.75, 3.05) is 6.61 Å². The van der Waals surface area contributed by atoms with Crippen molar-refractivity contribution in [2.45, 2.75) is 19.4 Å². The van der Waals surface area contributed by atoms with E-state index in [1.807, 2.05) is 18.2 Å². The number of rotatable bonds is 5. The number of carbonyl (C=O) groups is 1. The maximum absolute atomic E-state index is 11.5. The van der Waals surface area contributed by atoms with Crippen molar-refractivity contribution >= 4 is 5.97 Å². The van der Waals surface area contributed by atoms with Crippen LogP contribution in [-0.4, -0.2) is 27.7 Å². The molecule has 0 bridgehead atoms. The third-order valence-corrected chi connectivity index (χ3v) is 2.71. The smallest absolute Gasteiger partial charge is 0.354 e. The monoisotopic (exact) mass is 260 g/mol. The zero-order valence-corrected chi connectivity index (χ0v) is 10.7. The summed E-state index contributed by atoms with van der Waals surface area (Å²) < 4.78 is 4.88. The highest BCUT2D eigenvalue weighted by Crippen LogP contribution is 2.18. The number of nitrogens with one attached hydrogen (secondary N) is 1. The molecule has 0 aliphatic heterocycles. The van der Waals surface area contributed by atoms with Crippen molar-refractivity contribution in [3.8, 4) is 0 Å². The van der Waals surface area contributed by atoms with E-state index in [1.165, 1.54) is 0 Å². The maximum Gasteiger partial charge on any atom is 0.354 e. The van der Waals surface area contributed by atoms with E-state index in [4.69, 9.17) is 4.74 Å². The maximum atomic E-state index is 11.5. The molecule has 0 aliphatic rings. The van der Waals surface area contributed by atoms with E-state index in [2.05, 4.69) is 9.97 Å². The number of carbonyl (C=O) groups excluding carboxylic acids is 1. The van der Waals surface area contributed by atoms with Crippen molar-refractivity contribution in [2.24, 2.45) is 0 Å². The molecule has 0 aromatic carbocycles. The van der Waals surface area contributed by atoms with Gasteiger partial charge in [-0.05, 0) is 30.7 Å². The fourth-order valence-corrected chi connectivity index (χ4v) is 1.76. The molecule has 0 spiro atoms. The minimum Gasteiger partial charge on any atom is -0.461 e. The van der Waals surface area contributed by atoms with Crippen LogP contribution in [0.3, 0.4) is 0 Å². The number of H-pyrrole nitrogens is 1. The summed E-state index contributed by atoms with van der Waals surface area (Å²) in [6.45, 7) is 2.07. The van der Waals surface area contributed by atoms with Gasteiger partial charge in [0.05, 0.1) is 12.7 Å². The Hall–Kier alpha value is -2.14. The van der Waals surface area contributed by atoms with Crippen molar-refractivity contribution in [1.82, 2.24) is 9.97 Å². The van der Waals surface area contributed by atoms with Crippen molar-refractivity contribution < 1.29 is 14.6 Å². The van der Waals surface area contributed by atoms with Crippen LogP contribution in [-0.2, 0) is 11.2 Å². The molecule has 0 saturated heterocycles. The molecule has 1 atom stereocenters. The Balaban J connectivity index is 2.04. The average molecular weight is 260 g/mol. The molecule has 0 fully saturated rings. The third kappa shape index (κ3) is 3.42. The number of hydrogen-bond acceptors (Lipinski definition) is 4. The Morgan fingerprint density at radius 1 is 1.53 bits per heavy atom. The fraction of sp³-hybridized carbons (Fsp3) is 0.286. The number of esters is 1. The second kappa shape index (κ2) is 6.15. The second-order valence-corrected chi connectivity index (χ2v) is 4.11. The predicted molar refractivity (Wildman–Crippen MR) is 69.7 cm³/mol. The molecular formula is C14H16N2O3. The van der Waals surface area contributed by atoms with Gasteiger partial charge in [0.15, 0.2) is 0 Å². The van der Waals surface area contributed by atoms with E-state index in [1.54, 1.807) is 25.4 Å². The lowest BCUT2D eigenvalue weighted by Gasteiger charge is -2.07. The highest BCUT2D eigenvalue weighted by Gasteiger charge is 2.15. The van der Waals surface area contributed by atoms with Gasteiger partial charge in [-0.15, -0.1) is 0 Å². The first-order chi connectivity index (χ1) is 9.20. The number of aromatic nitrogens is 2. The van der Waals surface area contributed by atoms with E-state index < -0.39 is 12.1 Å². The summed E-state index contributed by atoms with van der Waals surface area (Å²) >= 11 is 0. The SMILES string of the molecule is CCOC(=O)c1cc(C(O)Cc2ccccn2)c[nH]1. The van der Waals surface area contributed by atoms with Gasteiger partial charge in [-0.25, -0.2) is 4.79 Å². The fourth-order valence-electron chi connectivity index (χ4n) is 1.76. The molecule has 0 aliphatic carbocycles. The van der Waals surface area contributed by atoms with E-state index in [9.17, 15) is 9.90 Å². The first kappa shape index (κ1) is 13.3. The standard InChI is InChI=1S/C14H16N2O3/c1-2-19-14(18)12-7-10(9-16-12)13(17)8-11-5-3-4-6-15-11/h3-7,9,13,16-17H,2,8H2,1H3. The molecule has 5 nitrogen and oxygen atoms in total. The van der Waals surface area contributed by atoms with Gasteiger partial charge >= 0.3 is 5.97 Å². The molecule has 19 heavy (non-hydrogen) atoms. The number of hydrogen-bond donors (Lipinski definition) is 2. The first-order valence-corrected chi connectivity index (χ1v) is 6.14. The van der Waals surface area contributed by atoms with Gasteiger partial charge in [0.1, 0.15) is 5.69 Å². The average Bonchev–Trinajstić information content (AvgIpc) is 2.90. The Bertz CT molecular complexity index is 537. The van der Waals surface area contributed by atoms with Crippen molar-refractivity contribution in [3.05, 3.63) is 53.6 Å². The Morgan fingerprint density at radius 2 is 2.37 bits per heavy atom. The zero-order valence-electron chi connectivity index (χ0n) is 10.7. The molecule has 100 valence electrons. The summed E-state index contributed by atoms with van der Waals surface area (Å²) in [7, 11) is 0. The highest BCUT2D eigenvalue weighted by atomic mass is 16.5. The second-order valence-electron chi connectivity index (χ2n) is 4.11. The number of nitrogens with zero attached hydrogens (tertiary/aromatic N) is 1. The first-order valence-electron chi connectivity index (χ1n) is 6.14. The Labute approximate surface area is 111 Å². The zero-order chi connectivity index (χ0) is 13.7. The summed E-state index contributed by atoms with van der Waals surface area (Å²) in [6.07, 6.45) is 3.00. The van der Waals surface area contributed by atoms with Crippen LogP contribution in [0.2, 0.25) is 0 Å². The van der Waals surface area contributed by atoms with E-state index >= 15 is 0 Å². The number of pyridine rings is 1. The van der Waals surface area contributed by atoms with E-state index in [-0.39, 0.29) is 0 Å². The lowest BCUT2D eigenvalue weighted by molar-refractivity contribution is 0.0520. The molecule has 2 aromatic rings. The topological polar surface area (TPSA) is 75.2 Å². The van der Waals surface area contributed by atoms with Gasteiger partial charge in [0, 0.05) is 24.5 Å². The Kier molecular flexibility index (Phi) is 4.30. The van der Waals surface area contributed by atoms with Gasteiger partial charge in [-0.3, -0.25) is 4.98 Å². The minimum atomic E-state index is -0.700. The van der Waals surface area contributed by atoms with Crippen LogP contribution in [0.5, 0.6) is 0 Å². The Morgan fingerprint density at radius 3 is 3.05 bits per heavy atom. The van der Waals surface area contributed by atoms with Gasteiger partial charge in [-0.2, -0.15) is 0 Å². The van der Waals surface area contributed by atoms with Crippen LogP contribution in [0, 0.1) is 0 Å². The van der Waals surface area contributed by atoms with Gasteiger partial charge in [-0.1, -0.05) is 6.07 Å². The molecule has 2 aromatic heterocycles. The van der Waals surface area contributed by atoms with E-state index in [0.29, 0.717) is 24.3 Å². The molecule has 2 N–H and O–H groups in total. The summed E-state index contributed by atoms with van der Waals surface area (Å²) in [5, 5.41) is 10.1. The highest BCUT2D eigenvalue weighted by molar-refractivity contribution is 5.87. The quantitative estimate of drug-likeness (QED) is 0.805. The van der Waals surface area contributed by atoms with Crippen LogP contribution in [0.15, 0.2) is 36.7 Å². The van der Waals surface area contributed by atoms with Crippen LogP contribution in [0.4, 0.5) is 0 Å². The number of aliphatic hydroxyl groups is 1. The van der Waals surface area contributed by atoms with Crippen LogP contribution in [0.25, 0.3) is 0 Å². The summed E-state index contributed by atoms with van der Waals surface area (Å²) in [5.41, 5.74) is 1.79. The lowest BCUT2D eigenvalue weighted by Crippen LogP contribution is -2.05. The summed E-state index contributed by atoms with van der Waals surface area (Å²) in [4.78, 5) is 18.4. The van der Waals surface area contributed by atoms with Gasteiger partial charge < -0.3 is 14.8 Å². The minimum absolute atomic E-state index is 0.323. The normalized spacial score (nSPS) is 12.1. The molecule has 0 amide bonds. The van der Waals surface area contributed by atoms with Crippen molar-refractivity contribution in [3.63, 3.8) is 0 Å². The number of aliphatic hydroxyl groups excluding tert-OH is 1.